The molecule has 0 radical (unpaired) electrons. The molecule has 0 spiro atoms. The van der Waals surface area contributed by atoms with E-state index in [1.165, 1.54) is 48.5 Å². The second-order valence-corrected chi connectivity index (χ2v) is 10.2. The van der Waals surface area contributed by atoms with Crippen LogP contribution in [0.1, 0.15) is 0 Å². The van der Waals surface area contributed by atoms with Crippen molar-refractivity contribution in [2.45, 2.75) is 14.7 Å². The third kappa shape index (κ3) is 6.29. The Kier molecular flexibility index (Phi) is 7.92. The van der Waals surface area contributed by atoms with Gasteiger partial charge in [0.05, 0.1) is 4.90 Å². The number of benzene rings is 3. The molecule has 0 bridgehead atoms. The van der Waals surface area contributed by atoms with Crippen LogP contribution in [0.5, 0.6) is 11.5 Å². The first-order chi connectivity index (χ1) is 14.0. The van der Waals surface area contributed by atoms with Crippen molar-refractivity contribution in [2.75, 3.05) is 0 Å². The van der Waals surface area contributed by atoms with E-state index >= 15 is 0 Å². The van der Waals surface area contributed by atoms with E-state index in [2.05, 4.69) is 0 Å². The van der Waals surface area contributed by atoms with Crippen LogP contribution in [0.3, 0.4) is 0 Å². The van der Waals surface area contributed by atoms with Gasteiger partial charge in [-0.1, -0.05) is 36.4 Å². The molecule has 0 N–H and O–H groups in total. The second-order valence-electron chi connectivity index (χ2n) is 5.76. The molecule has 0 unspecified atom stereocenters. The van der Waals surface area contributed by atoms with Crippen LogP contribution in [0, 0.1) is 0 Å². The summed E-state index contributed by atoms with van der Waals surface area (Å²) >= 11 is 0. The van der Waals surface area contributed by atoms with Crippen molar-refractivity contribution < 1.29 is 67.7 Å². The van der Waals surface area contributed by atoms with Crippen LogP contribution >= 0.6 is 0 Å². The van der Waals surface area contributed by atoms with E-state index in [0.29, 0.717) is 12.1 Å². The molecule has 0 fully saturated rings. The second kappa shape index (κ2) is 9.69. The largest absolute Gasteiger partial charge is 1.00 e. The van der Waals surface area contributed by atoms with E-state index in [4.69, 9.17) is 8.37 Å². The number of hydrogen-bond acceptors (Lipinski definition) is 9. The topological polar surface area (TPSA) is 144 Å². The predicted molar refractivity (Wildman–Crippen MR) is 103 cm³/mol. The number of hydrogen-bond donors (Lipinski definition) is 0. The maximum absolute atomic E-state index is 12.4. The molecule has 9 nitrogen and oxygen atoms in total. The molecule has 0 saturated heterocycles. The maximum atomic E-state index is 12.4. The summed E-state index contributed by atoms with van der Waals surface area (Å²) in [6.45, 7) is 0. The Morgan fingerprint density at radius 2 is 1.06 bits per heavy atom. The van der Waals surface area contributed by atoms with Crippen LogP contribution in [0.4, 0.5) is 0 Å². The van der Waals surface area contributed by atoms with Gasteiger partial charge >= 0.3 is 49.8 Å². The summed E-state index contributed by atoms with van der Waals surface area (Å²) in [5.41, 5.74) is 0. The van der Waals surface area contributed by atoms with Gasteiger partial charge in [-0.25, -0.2) is 8.42 Å². The fourth-order valence-electron chi connectivity index (χ4n) is 2.33. The summed E-state index contributed by atoms with van der Waals surface area (Å²) in [6, 6.07) is 16.1. The molecule has 0 aliphatic rings. The Labute approximate surface area is 201 Å². The van der Waals surface area contributed by atoms with E-state index in [1.54, 1.807) is 12.1 Å². The minimum atomic E-state index is -5.15. The first-order valence-corrected chi connectivity index (χ1v) is 12.3. The van der Waals surface area contributed by atoms with Gasteiger partial charge in [-0.15, -0.1) is 0 Å². The van der Waals surface area contributed by atoms with Crippen LogP contribution in [0.2, 0.25) is 0 Å². The fraction of sp³-hybridized carbons (Fsp3) is 0. The summed E-state index contributed by atoms with van der Waals surface area (Å²) in [7, 11) is -14.0. The molecule has 0 amide bonds. The molecule has 3 rings (SSSR count). The first-order valence-electron chi connectivity index (χ1n) is 8.08. The average molecular weight is 492 g/mol. The normalized spacial score (nSPS) is 11.9. The molecule has 31 heavy (non-hydrogen) atoms. The minimum absolute atomic E-state index is 0. The fourth-order valence-corrected chi connectivity index (χ4v) is 4.87. The van der Waals surface area contributed by atoms with Gasteiger partial charge in [-0.3, -0.25) is 0 Å². The summed E-state index contributed by atoms with van der Waals surface area (Å²) in [5, 5.41) is 0. The van der Waals surface area contributed by atoms with Crippen LogP contribution < -0.4 is 37.9 Å². The zero-order valence-electron chi connectivity index (χ0n) is 15.9. The summed E-state index contributed by atoms with van der Waals surface area (Å²) in [5.74, 6) is -1.35. The molecule has 158 valence electrons. The van der Waals surface area contributed by atoms with Crippen LogP contribution in [0.25, 0.3) is 0 Å². The van der Waals surface area contributed by atoms with E-state index in [9.17, 15) is 29.8 Å². The Morgan fingerprint density at radius 3 is 1.52 bits per heavy atom. The van der Waals surface area contributed by atoms with Crippen molar-refractivity contribution in [3.05, 3.63) is 78.9 Å². The Bertz CT molecular complexity index is 1370. The van der Waals surface area contributed by atoms with Gasteiger partial charge in [0.25, 0.3) is 0 Å². The SMILES string of the molecule is O=S(=O)([O-])c1ccc(OS(=O)(=O)c2ccccc2)cc1OS(=O)(=O)c1ccccc1.[Na+]. The molecule has 0 aliphatic heterocycles. The summed E-state index contributed by atoms with van der Waals surface area (Å²) in [6.07, 6.45) is 0. The van der Waals surface area contributed by atoms with Crippen molar-refractivity contribution in [1.82, 2.24) is 0 Å². The van der Waals surface area contributed by atoms with Crippen molar-refractivity contribution >= 4 is 30.4 Å². The summed E-state index contributed by atoms with van der Waals surface area (Å²) < 4.78 is 93.8. The van der Waals surface area contributed by atoms with Gasteiger partial charge in [0, 0.05) is 6.07 Å². The zero-order valence-corrected chi connectivity index (χ0v) is 20.4. The van der Waals surface area contributed by atoms with Gasteiger partial charge in [-0.05, 0) is 36.4 Å². The molecule has 3 aromatic rings. The van der Waals surface area contributed by atoms with Crippen molar-refractivity contribution in [2.24, 2.45) is 0 Å². The van der Waals surface area contributed by atoms with Gasteiger partial charge in [0.15, 0.2) is 5.75 Å². The van der Waals surface area contributed by atoms with E-state index in [0.717, 1.165) is 6.07 Å². The molecular weight excluding hydrogens is 479 g/mol. The molecule has 0 aromatic heterocycles. The van der Waals surface area contributed by atoms with E-state index in [1.807, 2.05) is 0 Å². The van der Waals surface area contributed by atoms with Gasteiger partial charge < -0.3 is 12.9 Å². The van der Waals surface area contributed by atoms with Crippen molar-refractivity contribution in [3.63, 3.8) is 0 Å². The Morgan fingerprint density at radius 1 is 0.613 bits per heavy atom. The van der Waals surface area contributed by atoms with Crippen molar-refractivity contribution in [1.29, 1.82) is 0 Å². The van der Waals surface area contributed by atoms with Gasteiger partial charge in [0.2, 0.25) is 0 Å². The van der Waals surface area contributed by atoms with E-state index < -0.39 is 46.7 Å². The molecule has 13 heteroatoms. The van der Waals surface area contributed by atoms with Crippen LogP contribution in [-0.2, 0) is 30.4 Å². The Hall–Kier alpha value is -1.93. The molecular formula is C18H13NaO9S3. The maximum Gasteiger partial charge on any atom is 1.00 e. The molecule has 0 aliphatic carbocycles. The Balaban J connectivity index is 0.00000341. The third-order valence-corrected chi connectivity index (χ3v) is 7.04. The van der Waals surface area contributed by atoms with Crippen LogP contribution in [0.15, 0.2) is 93.5 Å². The van der Waals surface area contributed by atoms with Crippen molar-refractivity contribution in [3.8, 4) is 11.5 Å². The molecule has 0 saturated carbocycles. The predicted octanol–water partition coefficient (Wildman–Crippen LogP) is -0.870. The van der Waals surface area contributed by atoms with Gasteiger partial charge in [-0.2, -0.15) is 16.8 Å². The molecule has 3 aromatic carbocycles. The quantitative estimate of drug-likeness (QED) is 0.233. The average Bonchev–Trinajstić information content (AvgIpc) is 2.68. The first kappa shape index (κ1) is 25.3. The van der Waals surface area contributed by atoms with E-state index in [-0.39, 0.29) is 39.3 Å². The standard InChI is InChI=1S/C18H14O9S3.Na/c19-28(20,21)18-12-11-14(26-29(22,23)15-7-3-1-4-8-15)13-17(18)27-30(24,25)16-9-5-2-6-10-16;/h1-13H,(H,19,20,21);/q;+1/p-1. The minimum Gasteiger partial charge on any atom is -0.744 e. The number of rotatable bonds is 7. The molecule has 0 heterocycles. The van der Waals surface area contributed by atoms with Crippen LogP contribution in [-0.4, -0.2) is 29.8 Å². The zero-order chi connectivity index (χ0) is 22.0. The molecule has 0 atom stereocenters. The van der Waals surface area contributed by atoms with Gasteiger partial charge in [0.1, 0.15) is 25.7 Å². The monoisotopic (exact) mass is 492 g/mol. The third-order valence-electron chi connectivity index (χ3n) is 3.65. The summed E-state index contributed by atoms with van der Waals surface area (Å²) in [4.78, 5) is -1.49. The smallest absolute Gasteiger partial charge is 0.744 e.